The van der Waals surface area contributed by atoms with Crippen molar-refractivity contribution < 1.29 is 19.1 Å². The Hall–Kier alpha value is -2.62. The number of carbonyl (C=O) groups excluding carboxylic acids is 2. The van der Waals surface area contributed by atoms with Gasteiger partial charge in [0.25, 0.3) is 0 Å². The highest BCUT2D eigenvalue weighted by Crippen LogP contribution is 2.29. The molecule has 0 spiro atoms. The topological polar surface area (TPSA) is 52.6 Å². The van der Waals surface area contributed by atoms with E-state index in [1.54, 1.807) is 19.1 Å². The van der Waals surface area contributed by atoms with E-state index in [2.05, 4.69) is 0 Å². The summed E-state index contributed by atoms with van der Waals surface area (Å²) in [5.41, 5.74) is 0.677. The standard InChI is InChI=1S/C17H16O4/c1-3-20-17(19)11-9-15-14-7-5-4-6-13(14)8-10-16(15)21-12(2)18/h4-11H,3H2,1-2H3. The Morgan fingerprint density at radius 3 is 2.62 bits per heavy atom. The number of hydrogen-bond donors (Lipinski definition) is 0. The lowest BCUT2D eigenvalue weighted by molar-refractivity contribution is -0.137. The van der Waals surface area contributed by atoms with Gasteiger partial charge >= 0.3 is 11.9 Å². The van der Waals surface area contributed by atoms with Crippen LogP contribution in [0.1, 0.15) is 19.4 Å². The summed E-state index contributed by atoms with van der Waals surface area (Å²) in [7, 11) is 0. The zero-order valence-corrected chi connectivity index (χ0v) is 12.0. The van der Waals surface area contributed by atoms with E-state index in [-0.39, 0.29) is 0 Å². The molecule has 108 valence electrons. The van der Waals surface area contributed by atoms with Gasteiger partial charge in [-0.25, -0.2) is 4.79 Å². The molecular formula is C17H16O4. The maximum atomic E-state index is 11.5. The highest BCUT2D eigenvalue weighted by Gasteiger charge is 2.09. The molecule has 0 unspecified atom stereocenters. The van der Waals surface area contributed by atoms with Crippen molar-refractivity contribution in [3.8, 4) is 5.75 Å². The molecule has 0 aliphatic heterocycles. The summed E-state index contributed by atoms with van der Waals surface area (Å²) in [5, 5.41) is 1.90. The SMILES string of the molecule is CCOC(=O)C=Cc1c(OC(C)=O)ccc2ccccc12. The molecule has 2 rings (SSSR count). The summed E-state index contributed by atoms with van der Waals surface area (Å²) in [5.74, 6) is -0.419. The molecule has 0 fully saturated rings. The number of fused-ring (bicyclic) bond motifs is 1. The van der Waals surface area contributed by atoms with Gasteiger partial charge in [0.1, 0.15) is 5.75 Å². The third-order valence-electron chi connectivity index (χ3n) is 2.86. The summed E-state index contributed by atoms with van der Waals surface area (Å²) >= 11 is 0. The van der Waals surface area contributed by atoms with E-state index in [4.69, 9.17) is 9.47 Å². The molecule has 4 heteroatoms. The molecule has 4 nitrogen and oxygen atoms in total. The van der Waals surface area contributed by atoms with Crippen molar-refractivity contribution in [2.75, 3.05) is 6.61 Å². The molecule has 2 aromatic rings. The normalized spacial score (nSPS) is 10.8. The first kappa shape index (κ1) is 14.8. The molecule has 0 aromatic heterocycles. The lowest BCUT2D eigenvalue weighted by Crippen LogP contribution is -2.03. The summed E-state index contributed by atoms with van der Waals surface area (Å²) in [6, 6.07) is 11.3. The molecule has 0 bridgehead atoms. The third-order valence-corrected chi connectivity index (χ3v) is 2.86. The quantitative estimate of drug-likeness (QED) is 0.491. The number of carbonyl (C=O) groups is 2. The number of ether oxygens (including phenoxy) is 2. The van der Waals surface area contributed by atoms with Gasteiger partial charge in [-0.15, -0.1) is 0 Å². The molecule has 2 aromatic carbocycles. The fraction of sp³-hybridized carbons (Fsp3) is 0.176. The van der Waals surface area contributed by atoms with Crippen LogP contribution in [0.5, 0.6) is 5.75 Å². The van der Waals surface area contributed by atoms with E-state index in [9.17, 15) is 9.59 Å². The minimum atomic E-state index is -0.431. The van der Waals surface area contributed by atoms with Crippen molar-refractivity contribution >= 4 is 28.8 Å². The van der Waals surface area contributed by atoms with Gasteiger partial charge in [0, 0.05) is 18.6 Å². The maximum Gasteiger partial charge on any atom is 0.330 e. The Morgan fingerprint density at radius 2 is 1.90 bits per heavy atom. The second kappa shape index (κ2) is 6.70. The molecule has 0 aliphatic carbocycles. The van der Waals surface area contributed by atoms with Crippen LogP contribution in [0.2, 0.25) is 0 Å². The zero-order chi connectivity index (χ0) is 15.2. The molecule has 0 N–H and O–H groups in total. The molecule has 0 radical (unpaired) electrons. The fourth-order valence-corrected chi connectivity index (χ4v) is 2.03. The smallest absolute Gasteiger partial charge is 0.330 e. The van der Waals surface area contributed by atoms with E-state index >= 15 is 0 Å². The van der Waals surface area contributed by atoms with E-state index < -0.39 is 11.9 Å². The minimum Gasteiger partial charge on any atom is -0.463 e. The highest BCUT2D eigenvalue weighted by atomic mass is 16.5. The molecule has 0 aliphatic rings. The summed E-state index contributed by atoms with van der Waals surface area (Å²) in [6.07, 6.45) is 2.94. The average molecular weight is 284 g/mol. The van der Waals surface area contributed by atoms with Crippen molar-refractivity contribution in [1.82, 2.24) is 0 Å². The monoisotopic (exact) mass is 284 g/mol. The Balaban J connectivity index is 2.50. The molecule has 0 saturated carbocycles. The largest absolute Gasteiger partial charge is 0.463 e. The summed E-state index contributed by atoms with van der Waals surface area (Å²) in [4.78, 5) is 22.7. The van der Waals surface area contributed by atoms with Gasteiger partial charge in [-0.3, -0.25) is 4.79 Å². The van der Waals surface area contributed by atoms with Gasteiger partial charge in [0.15, 0.2) is 0 Å². The molecular weight excluding hydrogens is 268 g/mol. The van der Waals surface area contributed by atoms with Crippen LogP contribution < -0.4 is 4.74 Å². The van der Waals surface area contributed by atoms with Crippen molar-refractivity contribution in [3.63, 3.8) is 0 Å². The first-order chi connectivity index (χ1) is 10.1. The van der Waals surface area contributed by atoms with Crippen LogP contribution in [-0.4, -0.2) is 18.5 Å². The van der Waals surface area contributed by atoms with Crippen LogP contribution in [0, 0.1) is 0 Å². The first-order valence-electron chi connectivity index (χ1n) is 6.67. The second-order valence-corrected chi connectivity index (χ2v) is 4.38. The van der Waals surface area contributed by atoms with Crippen LogP contribution in [0.4, 0.5) is 0 Å². The van der Waals surface area contributed by atoms with Gasteiger partial charge in [-0.1, -0.05) is 30.3 Å². The van der Waals surface area contributed by atoms with E-state index in [0.717, 1.165) is 10.8 Å². The first-order valence-corrected chi connectivity index (χ1v) is 6.67. The molecule has 0 atom stereocenters. The Morgan fingerprint density at radius 1 is 1.14 bits per heavy atom. The molecule has 0 amide bonds. The number of esters is 2. The third kappa shape index (κ3) is 3.69. The zero-order valence-electron chi connectivity index (χ0n) is 12.0. The molecule has 0 heterocycles. The van der Waals surface area contributed by atoms with Crippen LogP contribution in [-0.2, 0) is 14.3 Å². The maximum absolute atomic E-state index is 11.5. The molecule has 0 saturated heterocycles. The van der Waals surface area contributed by atoms with Crippen molar-refractivity contribution in [3.05, 3.63) is 48.0 Å². The van der Waals surface area contributed by atoms with E-state index in [0.29, 0.717) is 17.9 Å². The summed E-state index contributed by atoms with van der Waals surface area (Å²) in [6.45, 7) is 3.40. The van der Waals surface area contributed by atoms with E-state index in [1.807, 2.05) is 30.3 Å². The summed E-state index contributed by atoms with van der Waals surface area (Å²) < 4.78 is 10.1. The van der Waals surface area contributed by atoms with E-state index in [1.165, 1.54) is 13.0 Å². The highest BCUT2D eigenvalue weighted by molar-refractivity contribution is 5.97. The average Bonchev–Trinajstić information content (AvgIpc) is 2.45. The van der Waals surface area contributed by atoms with Crippen molar-refractivity contribution in [2.45, 2.75) is 13.8 Å². The van der Waals surface area contributed by atoms with Crippen LogP contribution in [0.15, 0.2) is 42.5 Å². The lowest BCUT2D eigenvalue weighted by atomic mass is 10.0. The van der Waals surface area contributed by atoms with Crippen molar-refractivity contribution in [2.24, 2.45) is 0 Å². The predicted octanol–water partition coefficient (Wildman–Crippen LogP) is 3.34. The second-order valence-electron chi connectivity index (χ2n) is 4.38. The van der Waals surface area contributed by atoms with Crippen LogP contribution in [0.25, 0.3) is 16.8 Å². The Bertz CT molecular complexity index is 701. The molecule has 21 heavy (non-hydrogen) atoms. The van der Waals surface area contributed by atoms with Crippen LogP contribution >= 0.6 is 0 Å². The van der Waals surface area contributed by atoms with Gasteiger partial charge in [-0.2, -0.15) is 0 Å². The lowest BCUT2D eigenvalue weighted by Gasteiger charge is -2.09. The Kier molecular flexibility index (Phi) is 4.72. The van der Waals surface area contributed by atoms with Crippen molar-refractivity contribution in [1.29, 1.82) is 0 Å². The van der Waals surface area contributed by atoms with Crippen LogP contribution in [0.3, 0.4) is 0 Å². The van der Waals surface area contributed by atoms with Gasteiger partial charge in [-0.05, 0) is 29.8 Å². The number of rotatable bonds is 4. The fourth-order valence-electron chi connectivity index (χ4n) is 2.03. The minimum absolute atomic E-state index is 0.315. The number of hydrogen-bond acceptors (Lipinski definition) is 4. The predicted molar refractivity (Wildman–Crippen MR) is 80.9 cm³/mol. The van der Waals surface area contributed by atoms with Gasteiger partial charge in [0.05, 0.1) is 6.61 Å². The number of benzene rings is 2. The van der Waals surface area contributed by atoms with Gasteiger partial charge < -0.3 is 9.47 Å². The van der Waals surface area contributed by atoms with Gasteiger partial charge in [0.2, 0.25) is 0 Å². The Labute approximate surface area is 123 Å².